The van der Waals surface area contributed by atoms with Gasteiger partial charge in [-0.05, 0) is 19.9 Å². The Morgan fingerprint density at radius 2 is 2.19 bits per heavy atom. The molecule has 1 aliphatic heterocycles. The van der Waals surface area contributed by atoms with E-state index >= 15 is 0 Å². The van der Waals surface area contributed by atoms with Crippen LogP contribution in [0.3, 0.4) is 0 Å². The third-order valence-electron chi connectivity index (χ3n) is 4.43. The average Bonchev–Trinajstić information content (AvgIpc) is 3.07. The number of aromatic nitrogens is 4. The molecule has 1 saturated heterocycles. The predicted octanol–water partition coefficient (Wildman–Crippen LogP) is 0.924. The van der Waals surface area contributed by atoms with Gasteiger partial charge in [0.15, 0.2) is 5.82 Å². The van der Waals surface area contributed by atoms with Crippen molar-refractivity contribution < 1.29 is 4.52 Å². The molecule has 7 heteroatoms. The summed E-state index contributed by atoms with van der Waals surface area (Å²) < 4.78 is 7.45. The lowest BCUT2D eigenvalue weighted by Crippen LogP contribution is -2.44. The van der Waals surface area contributed by atoms with Gasteiger partial charge in [-0.2, -0.15) is 10.1 Å². The highest BCUT2D eigenvalue weighted by Gasteiger charge is 2.32. The smallest absolute Gasteiger partial charge is 0.261 e. The molecule has 7 nitrogen and oxygen atoms in total. The molecular formula is C14H20N6O. The molecule has 112 valence electrons. The van der Waals surface area contributed by atoms with Crippen LogP contribution in [0.1, 0.15) is 36.3 Å². The molecule has 21 heavy (non-hydrogen) atoms. The van der Waals surface area contributed by atoms with Gasteiger partial charge in [-0.1, -0.05) is 5.16 Å². The summed E-state index contributed by atoms with van der Waals surface area (Å²) in [5, 5.41) is 11.9. The number of nitrogens with zero attached hydrogens (tertiary/aromatic N) is 5. The number of hydrogen-bond donors (Lipinski definition) is 1. The van der Waals surface area contributed by atoms with Gasteiger partial charge in [-0.3, -0.25) is 9.58 Å². The number of nitrogens with one attached hydrogen (secondary N) is 1. The van der Waals surface area contributed by atoms with Crippen molar-refractivity contribution in [1.82, 2.24) is 30.1 Å². The van der Waals surface area contributed by atoms with Crippen molar-refractivity contribution in [2.45, 2.75) is 24.8 Å². The number of hydrogen-bond acceptors (Lipinski definition) is 6. The number of aryl methyl sites for hydroxylation is 1. The average molecular weight is 288 g/mol. The van der Waals surface area contributed by atoms with Crippen LogP contribution in [0.5, 0.6) is 0 Å². The lowest BCUT2D eigenvalue weighted by atomic mass is 10.1. The SMILES string of the molecule is CN1CCNCC1c1noc(-c2cnn(C)c2C2CC2)n1. The van der Waals surface area contributed by atoms with Gasteiger partial charge in [0.05, 0.1) is 23.5 Å². The van der Waals surface area contributed by atoms with Gasteiger partial charge < -0.3 is 9.84 Å². The Hall–Kier alpha value is -1.73. The summed E-state index contributed by atoms with van der Waals surface area (Å²) in [6.45, 7) is 2.86. The molecule has 1 aliphatic carbocycles. The summed E-state index contributed by atoms with van der Waals surface area (Å²) in [6.07, 6.45) is 4.29. The standard InChI is InChI=1S/C14H20N6O/c1-19-6-5-15-8-11(19)13-17-14(21-18-13)10-7-16-20(2)12(10)9-3-4-9/h7,9,11,15H,3-6,8H2,1-2H3. The molecule has 0 spiro atoms. The first kappa shape index (κ1) is 13.0. The zero-order chi connectivity index (χ0) is 14.4. The molecule has 0 amide bonds. The van der Waals surface area contributed by atoms with Crippen molar-refractivity contribution in [2.24, 2.45) is 7.05 Å². The normalized spacial score (nSPS) is 23.6. The maximum Gasteiger partial charge on any atom is 0.261 e. The van der Waals surface area contributed by atoms with E-state index in [1.165, 1.54) is 18.5 Å². The maximum atomic E-state index is 5.52. The molecule has 2 aliphatic rings. The van der Waals surface area contributed by atoms with Crippen molar-refractivity contribution in [3.63, 3.8) is 0 Å². The summed E-state index contributed by atoms with van der Waals surface area (Å²) in [4.78, 5) is 6.89. The van der Waals surface area contributed by atoms with Crippen molar-refractivity contribution in [2.75, 3.05) is 26.7 Å². The van der Waals surface area contributed by atoms with Crippen LogP contribution in [0.2, 0.25) is 0 Å². The van der Waals surface area contributed by atoms with E-state index in [0.29, 0.717) is 11.8 Å². The second-order valence-electron chi connectivity index (χ2n) is 6.00. The van der Waals surface area contributed by atoms with Gasteiger partial charge in [0.25, 0.3) is 5.89 Å². The van der Waals surface area contributed by atoms with E-state index in [9.17, 15) is 0 Å². The maximum absolute atomic E-state index is 5.52. The van der Waals surface area contributed by atoms with Crippen LogP contribution in [-0.4, -0.2) is 51.5 Å². The van der Waals surface area contributed by atoms with Crippen LogP contribution in [-0.2, 0) is 7.05 Å². The Kier molecular flexibility index (Phi) is 3.04. The minimum absolute atomic E-state index is 0.178. The monoisotopic (exact) mass is 288 g/mol. The molecule has 2 fully saturated rings. The molecule has 1 N–H and O–H groups in total. The minimum atomic E-state index is 0.178. The lowest BCUT2D eigenvalue weighted by Gasteiger charge is -2.30. The fourth-order valence-electron chi connectivity index (χ4n) is 3.03. The molecule has 0 bridgehead atoms. The number of rotatable bonds is 3. The van der Waals surface area contributed by atoms with Crippen LogP contribution in [0, 0.1) is 0 Å². The second-order valence-corrected chi connectivity index (χ2v) is 6.00. The Bertz CT molecular complexity index is 644. The highest BCUT2D eigenvalue weighted by atomic mass is 16.5. The summed E-state index contributed by atoms with van der Waals surface area (Å²) in [5.74, 6) is 1.95. The van der Waals surface area contributed by atoms with Crippen LogP contribution in [0.25, 0.3) is 11.5 Å². The first-order chi connectivity index (χ1) is 10.2. The Morgan fingerprint density at radius 3 is 2.95 bits per heavy atom. The van der Waals surface area contributed by atoms with E-state index in [1.54, 1.807) is 0 Å². The second kappa shape index (κ2) is 4.92. The highest BCUT2D eigenvalue weighted by molar-refractivity contribution is 5.57. The van der Waals surface area contributed by atoms with Gasteiger partial charge in [-0.15, -0.1) is 0 Å². The molecule has 2 aromatic rings. The van der Waals surface area contributed by atoms with E-state index in [-0.39, 0.29) is 6.04 Å². The number of likely N-dealkylation sites (N-methyl/N-ethyl adjacent to an activating group) is 1. The third-order valence-corrected chi connectivity index (χ3v) is 4.43. The molecule has 2 aromatic heterocycles. The predicted molar refractivity (Wildman–Crippen MR) is 76.7 cm³/mol. The third kappa shape index (κ3) is 2.26. The van der Waals surface area contributed by atoms with Crippen LogP contribution in [0.4, 0.5) is 0 Å². The zero-order valence-corrected chi connectivity index (χ0v) is 12.4. The van der Waals surface area contributed by atoms with Crippen LogP contribution < -0.4 is 5.32 Å². The largest absolute Gasteiger partial charge is 0.334 e. The molecule has 0 aromatic carbocycles. The Balaban J connectivity index is 1.65. The van der Waals surface area contributed by atoms with E-state index in [1.807, 2.05) is 17.9 Å². The topological polar surface area (TPSA) is 72.0 Å². The zero-order valence-electron chi connectivity index (χ0n) is 12.4. The highest BCUT2D eigenvalue weighted by Crippen LogP contribution is 2.43. The fourth-order valence-corrected chi connectivity index (χ4v) is 3.03. The van der Waals surface area contributed by atoms with E-state index in [2.05, 4.69) is 32.5 Å². The van der Waals surface area contributed by atoms with Gasteiger partial charge in [-0.25, -0.2) is 0 Å². The fraction of sp³-hybridized carbons (Fsp3) is 0.643. The molecule has 3 heterocycles. The summed E-state index contributed by atoms with van der Waals surface area (Å²) in [7, 11) is 4.08. The minimum Gasteiger partial charge on any atom is -0.334 e. The van der Waals surface area contributed by atoms with Crippen molar-refractivity contribution >= 4 is 0 Å². The van der Waals surface area contributed by atoms with Crippen LogP contribution in [0.15, 0.2) is 10.7 Å². The Labute approximate surface area is 123 Å². The van der Waals surface area contributed by atoms with Crippen molar-refractivity contribution in [1.29, 1.82) is 0 Å². The first-order valence-electron chi connectivity index (χ1n) is 7.51. The van der Waals surface area contributed by atoms with Gasteiger partial charge in [0, 0.05) is 32.6 Å². The lowest BCUT2D eigenvalue weighted by molar-refractivity contribution is 0.190. The molecule has 1 saturated carbocycles. The molecule has 1 unspecified atom stereocenters. The Morgan fingerprint density at radius 1 is 1.33 bits per heavy atom. The summed E-state index contributed by atoms with van der Waals surface area (Å²) >= 11 is 0. The van der Waals surface area contributed by atoms with Crippen molar-refractivity contribution in [3.8, 4) is 11.5 Å². The summed E-state index contributed by atoms with van der Waals surface area (Å²) in [6, 6.07) is 0.178. The van der Waals surface area contributed by atoms with Crippen molar-refractivity contribution in [3.05, 3.63) is 17.7 Å². The van der Waals surface area contributed by atoms with Gasteiger partial charge >= 0.3 is 0 Å². The van der Waals surface area contributed by atoms with E-state index in [4.69, 9.17) is 4.52 Å². The number of piperazine rings is 1. The van der Waals surface area contributed by atoms with Gasteiger partial charge in [0.2, 0.25) is 0 Å². The van der Waals surface area contributed by atoms with Gasteiger partial charge in [0.1, 0.15) is 0 Å². The molecule has 4 rings (SSSR count). The molecule has 0 radical (unpaired) electrons. The first-order valence-corrected chi connectivity index (χ1v) is 7.51. The quantitative estimate of drug-likeness (QED) is 0.905. The molecule has 1 atom stereocenters. The van der Waals surface area contributed by atoms with Crippen LogP contribution >= 0.6 is 0 Å². The molecular weight excluding hydrogens is 268 g/mol. The summed E-state index contributed by atoms with van der Waals surface area (Å²) in [5.41, 5.74) is 2.21. The van der Waals surface area contributed by atoms with E-state index < -0.39 is 0 Å². The van der Waals surface area contributed by atoms with E-state index in [0.717, 1.165) is 31.0 Å².